The van der Waals surface area contributed by atoms with Gasteiger partial charge in [-0.25, -0.2) is 0 Å². The van der Waals surface area contributed by atoms with Gasteiger partial charge >= 0.3 is 0 Å². The van der Waals surface area contributed by atoms with Gasteiger partial charge in [-0.2, -0.15) is 0 Å². The molecular weight excluding hydrogens is 258 g/mol. The fourth-order valence-electron chi connectivity index (χ4n) is 4.23. The number of ether oxygens (including phenoxy) is 1. The van der Waals surface area contributed by atoms with Gasteiger partial charge in [0, 0.05) is 5.54 Å². The van der Waals surface area contributed by atoms with Gasteiger partial charge in [0.05, 0.1) is 7.11 Å². The molecule has 0 unspecified atom stereocenters. The van der Waals surface area contributed by atoms with Crippen LogP contribution in [0.1, 0.15) is 75.3 Å². The molecule has 2 aliphatic rings. The molecule has 0 amide bonds. The molecule has 21 heavy (non-hydrogen) atoms. The van der Waals surface area contributed by atoms with Crippen LogP contribution in [0.5, 0.6) is 5.75 Å². The highest BCUT2D eigenvalue weighted by molar-refractivity contribution is 5.42. The molecule has 0 saturated heterocycles. The van der Waals surface area contributed by atoms with Crippen molar-refractivity contribution in [3.8, 4) is 5.75 Å². The van der Waals surface area contributed by atoms with Crippen LogP contribution >= 0.6 is 0 Å². The van der Waals surface area contributed by atoms with E-state index in [2.05, 4.69) is 25.1 Å². The minimum absolute atomic E-state index is 0.0943. The molecule has 0 spiro atoms. The largest absolute Gasteiger partial charge is 0.496 e. The average molecular weight is 287 g/mol. The van der Waals surface area contributed by atoms with Crippen molar-refractivity contribution in [1.82, 2.24) is 0 Å². The van der Waals surface area contributed by atoms with E-state index in [1.54, 1.807) is 7.11 Å². The zero-order valence-electron chi connectivity index (χ0n) is 13.5. The summed E-state index contributed by atoms with van der Waals surface area (Å²) in [6.45, 7) is 2.37. The lowest BCUT2D eigenvalue weighted by Crippen LogP contribution is -2.33. The number of benzene rings is 1. The van der Waals surface area contributed by atoms with Crippen molar-refractivity contribution in [2.75, 3.05) is 7.11 Å². The normalized spacial score (nSPS) is 28.5. The van der Waals surface area contributed by atoms with Crippen LogP contribution in [0.4, 0.5) is 0 Å². The molecule has 0 aliphatic heterocycles. The Balaban J connectivity index is 1.90. The smallest absolute Gasteiger partial charge is 0.122 e. The lowest BCUT2D eigenvalue weighted by Gasteiger charge is -2.30. The van der Waals surface area contributed by atoms with E-state index in [1.165, 1.54) is 49.7 Å². The predicted octanol–water partition coefficient (Wildman–Crippen LogP) is 4.72. The minimum atomic E-state index is -0.0943. The highest BCUT2D eigenvalue weighted by Gasteiger charge is 2.32. The molecule has 3 rings (SSSR count). The molecule has 1 aromatic carbocycles. The third-order valence-electron chi connectivity index (χ3n) is 5.76. The Morgan fingerprint density at radius 2 is 1.76 bits per heavy atom. The minimum Gasteiger partial charge on any atom is -0.496 e. The fourth-order valence-corrected chi connectivity index (χ4v) is 4.23. The second-order valence-electron chi connectivity index (χ2n) is 7.28. The first-order valence-corrected chi connectivity index (χ1v) is 8.60. The van der Waals surface area contributed by atoms with E-state index in [1.807, 2.05) is 0 Å². The van der Waals surface area contributed by atoms with Gasteiger partial charge in [0.15, 0.2) is 0 Å². The highest BCUT2D eigenvalue weighted by atomic mass is 16.5. The summed E-state index contributed by atoms with van der Waals surface area (Å²) in [6, 6.07) is 6.71. The third-order valence-corrected chi connectivity index (χ3v) is 5.76. The van der Waals surface area contributed by atoms with Crippen molar-refractivity contribution < 1.29 is 4.74 Å². The van der Waals surface area contributed by atoms with E-state index in [0.29, 0.717) is 5.92 Å². The Kier molecular flexibility index (Phi) is 4.26. The van der Waals surface area contributed by atoms with Gasteiger partial charge in [0.25, 0.3) is 0 Å². The summed E-state index contributed by atoms with van der Waals surface area (Å²) in [4.78, 5) is 0. The second kappa shape index (κ2) is 6.00. The van der Waals surface area contributed by atoms with Crippen molar-refractivity contribution in [3.63, 3.8) is 0 Å². The Bertz CT molecular complexity index is 482. The first-order valence-electron chi connectivity index (χ1n) is 8.60. The van der Waals surface area contributed by atoms with E-state index in [0.717, 1.165) is 24.5 Å². The molecule has 0 heterocycles. The Hall–Kier alpha value is -1.02. The van der Waals surface area contributed by atoms with Crippen molar-refractivity contribution in [1.29, 1.82) is 0 Å². The van der Waals surface area contributed by atoms with Crippen LogP contribution in [0, 0.1) is 5.92 Å². The van der Waals surface area contributed by atoms with Crippen LogP contribution in [0.25, 0.3) is 0 Å². The van der Waals surface area contributed by atoms with Gasteiger partial charge in [-0.15, -0.1) is 0 Å². The first kappa shape index (κ1) is 14.9. The van der Waals surface area contributed by atoms with Crippen LogP contribution in [0.3, 0.4) is 0 Å². The van der Waals surface area contributed by atoms with Gasteiger partial charge < -0.3 is 10.5 Å². The molecule has 116 valence electrons. The van der Waals surface area contributed by atoms with Crippen molar-refractivity contribution in [2.24, 2.45) is 11.7 Å². The molecule has 0 radical (unpaired) electrons. The molecule has 2 aliphatic carbocycles. The van der Waals surface area contributed by atoms with Crippen molar-refractivity contribution >= 4 is 0 Å². The van der Waals surface area contributed by atoms with Crippen molar-refractivity contribution in [3.05, 3.63) is 29.3 Å². The molecule has 2 nitrogen and oxygen atoms in total. The zero-order chi connectivity index (χ0) is 14.9. The van der Waals surface area contributed by atoms with Gasteiger partial charge in [-0.05, 0) is 60.8 Å². The molecule has 0 atom stereocenters. The van der Waals surface area contributed by atoms with E-state index < -0.39 is 0 Å². The monoisotopic (exact) mass is 287 g/mol. The molecule has 2 saturated carbocycles. The Morgan fingerprint density at radius 3 is 2.38 bits per heavy atom. The molecule has 2 fully saturated rings. The van der Waals surface area contributed by atoms with Gasteiger partial charge in [0.2, 0.25) is 0 Å². The molecule has 2 N–H and O–H groups in total. The maximum Gasteiger partial charge on any atom is 0.122 e. The van der Waals surface area contributed by atoms with Crippen LogP contribution in [0.2, 0.25) is 0 Å². The van der Waals surface area contributed by atoms with E-state index in [-0.39, 0.29) is 5.54 Å². The summed E-state index contributed by atoms with van der Waals surface area (Å²) in [6.07, 6.45) is 10.0. The lowest BCUT2D eigenvalue weighted by molar-refractivity contribution is 0.335. The van der Waals surface area contributed by atoms with Crippen LogP contribution in [0.15, 0.2) is 18.2 Å². The van der Waals surface area contributed by atoms with Crippen LogP contribution in [-0.2, 0) is 5.54 Å². The maximum absolute atomic E-state index is 6.65. The maximum atomic E-state index is 6.65. The first-order chi connectivity index (χ1) is 10.1. The second-order valence-corrected chi connectivity index (χ2v) is 7.28. The summed E-state index contributed by atoms with van der Waals surface area (Å²) in [5.41, 5.74) is 9.29. The topological polar surface area (TPSA) is 35.2 Å². The van der Waals surface area contributed by atoms with Crippen LogP contribution < -0.4 is 10.5 Å². The van der Waals surface area contributed by atoms with Crippen LogP contribution in [-0.4, -0.2) is 7.11 Å². The predicted molar refractivity (Wildman–Crippen MR) is 87.7 cm³/mol. The van der Waals surface area contributed by atoms with E-state index in [4.69, 9.17) is 10.5 Å². The lowest BCUT2D eigenvalue weighted by atomic mass is 9.77. The van der Waals surface area contributed by atoms with Gasteiger partial charge in [0.1, 0.15) is 5.75 Å². The molecule has 0 bridgehead atoms. The molecule has 1 aromatic rings. The highest BCUT2D eigenvalue weighted by Crippen LogP contribution is 2.43. The SMILES string of the molecule is COc1ccc(C2(N)CCCC2)cc1C1CCC(C)CC1. The number of rotatable bonds is 3. The molecule has 2 heteroatoms. The zero-order valence-corrected chi connectivity index (χ0v) is 13.5. The quantitative estimate of drug-likeness (QED) is 0.873. The van der Waals surface area contributed by atoms with E-state index in [9.17, 15) is 0 Å². The number of hydrogen-bond donors (Lipinski definition) is 1. The number of nitrogens with two attached hydrogens (primary N) is 1. The van der Waals surface area contributed by atoms with E-state index >= 15 is 0 Å². The molecule has 0 aromatic heterocycles. The Labute approximate surface area is 129 Å². The summed E-state index contributed by atoms with van der Waals surface area (Å²) in [5, 5.41) is 0. The third kappa shape index (κ3) is 2.96. The molecular formula is C19H29NO. The average Bonchev–Trinajstić information content (AvgIpc) is 2.95. The number of hydrogen-bond acceptors (Lipinski definition) is 2. The standard InChI is InChI=1S/C19H29NO/c1-14-5-7-15(8-6-14)17-13-16(9-10-18(17)21-2)19(20)11-3-4-12-19/h9-10,13-15H,3-8,11-12,20H2,1-2H3. The summed E-state index contributed by atoms with van der Waals surface area (Å²) >= 11 is 0. The number of methoxy groups -OCH3 is 1. The summed E-state index contributed by atoms with van der Waals surface area (Å²) in [7, 11) is 1.79. The van der Waals surface area contributed by atoms with Gasteiger partial charge in [-0.1, -0.05) is 38.7 Å². The fraction of sp³-hybridized carbons (Fsp3) is 0.684. The van der Waals surface area contributed by atoms with Gasteiger partial charge in [-0.3, -0.25) is 0 Å². The van der Waals surface area contributed by atoms with Crippen molar-refractivity contribution in [2.45, 2.75) is 69.7 Å². The Morgan fingerprint density at radius 1 is 1.10 bits per heavy atom. The summed E-state index contributed by atoms with van der Waals surface area (Å²) in [5.74, 6) is 2.59. The summed E-state index contributed by atoms with van der Waals surface area (Å²) < 4.78 is 5.64.